The molecule has 3 heteroatoms. The number of rotatable bonds is 0. The van der Waals surface area contributed by atoms with Gasteiger partial charge in [0.25, 0.3) is 0 Å². The van der Waals surface area contributed by atoms with Gasteiger partial charge in [0.2, 0.25) is 0 Å². The van der Waals surface area contributed by atoms with E-state index in [1.165, 1.54) is 12.0 Å². The zero-order valence-electron chi connectivity index (χ0n) is 16.3. The predicted octanol–water partition coefficient (Wildman–Crippen LogP) is 4.76. The van der Waals surface area contributed by atoms with Crippen LogP contribution in [-0.2, 0) is 14.3 Å². The summed E-state index contributed by atoms with van der Waals surface area (Å²) in [6.07, 6.45) is 11.9. The van der Waals surface area contributed by atoms with Gasteiger partial charge in [-0.05, 0) is 62.4 Å². The van der Waals surface area contributed by atoms with Gasteiger partial charge in [0.15, 0.2) is 5.78 Å². The van der Waals surface area contributed by atoms with Crippen molar-refractivity contribution >= 4 is 11.8 Å². The van der Waals surface area contributed by atoms with E-state index >= 15 is 0 Å². The van der Waals surface area contributed by atoms with E-state index in [0.717, 1.165) is 32.1 Å². The van der Waals surface area contributed by atoms with E-state index in [9.17, 15) is 9.59 Å². The van der Waals surface area contributed by atoms with Crippen molar-refractivity contribution in [2.24, 2.45) is 28.6 Å². The number of carbonyl (C=O) groups is 2. The average molecular weight is 354 g/mol. The summed E-state index contributed by atoms with van der Waals surface area (Å²) in [5.74, 6) is 2.04. The molecule has 6 atom stereocenters. The number of allylic oxidation sites excluding steroid dienone is 4. The van der Waals surface area contributed by atoms with Crippen LogP contribution in [0, 0.1) is 28.6 Å². The smallest absolute Gasteiger partial charge is 0.306 e. The van der Waals surface area contributed by atoms with Gasteiger partial charge in [-0.15, -0.1) is 0 Å². The van der Waals surface area contributed by atoms with Crippen LogP contribution in [0.15, 0.2) is 23.3 Å². The van der Waals surface area contributed by atoms with Crippen LogP contribution in [0.2, 0.25) is 0 Å². The molecule has 4 unspecified atom stereocenters. The van der Waals surface area contributed by atoms with Crippen LogP contribution in [-0.4, -0.2) is 17.4 Å². The molecule has 0 amide bonds. The molecule has 1 heterocycles. The lowest BCUT2D eigenvalue weighted by atomic mass is 9.48. The zero-order chi connectivity index (χ0) is 18.3. The highest BCUT2D eigenvalue weighted by Gasteiger charge is 2.66. The number of hydrogen-bond donors (Lipinski definition) is 0. The molecule has 2 saturated carbocycles. The maximum Gasteiger partial charge on any atom is 0.306 e. The SMILES string of the molecule is C[C@@H]1CC2=CC(=O)CCC2(C)C2=CCC3(C)C(CC[C@@]34CCC(=O)O4)C21. The molecule has 0 N–H and O–H groups in total. The Balaban J connectivity index is 1.59. The van der Waals surface area contributed by atoms with Gasteiger partial charge < -0.3 is 4.74 Å². The Morgan fingerprint density at radius 2 is 1.92 bits per heavy atom. The molecule has 0 aromatic heterocycles. The third-order valence-corrected chi connectivity index (χ3v) is 9.01. The molecule has 0 aromatic carbocycles. The fourth-order valence-corrected chi connectivity index (χ4v) is 7.46. The van der Waals surface area contributed by atoms with Crippen molar-refractivity contribution < 1.29 is 14.3 Å². The monoisotopic (exact) mass is 354 g/mol. The van der Waals surface area contributed by atoms with Gasteiger partial charge in [-0.2, -0.15) is 0 Å². The van der Waals surface area contributed by atoms with Crippen molar-refractivity contribution in [1.82, 2.24) is 0 Å². The topological polar surface area (TPSA) is 43.4 Å². The zero-order valence-corrected chi connectivity index (χ0v) is 16.3. The Bertz CT molecular complexity index is 761. The van der Waals surface area contributed by atoms with Gasteiger partial charge in [0, 0.05) is 23.7 Å². The van der Waals surface area contributed by atoms with E-state index in [0.29, 0.717) is 36.4 Å². The number of ether oxygens (including phenoxy) is 1. The van der Waals surface area contributed by atoms with Gasteiger partial charge in [-0.3, -0.25) is 9.59 Å². The third kappa shape index (κ3) is 1.90. The molecule has 0 bridgehead atoms. The van der Waals surface area contributed by atoms with E-state index in [-0.39, 0.29) is 22.4 Å². The molecule has 26 heavy (non-hydrogen) atoms. The van der Waals surface area contributed by atoms with Gasteiger partial charge >= 0.3 is 5.97 Å². The fourth-order valence-electron chi connectivity index (χ4n) is 7.46. The van der Waals surface area contributed by atoms with Crippen molar-refractivity contribution in [2.75, 3.05) is 0 Å². The number of carbonyl (C=O) groups excluding carboxylic acids is 2. The minimum absolute atomic E-state index is 0.00122. The summed E-state index contributed by atoms with van der Waals surface area (Å²) in [7, 11) is 0. The van der Waals surface area contributed by atoms with Gasteiger partial charge in [0.05, 0.1) is 0 Å². The second-order valence-electron chi connectivity index (χ2n) is 10.1. The van der Waals surface area contributed by atoms with Crippen LogP contribution >= 0.6 is 0 Å². The van der Waals surface area contributed by atoms with Gasteiger partial charge in [-0.25, -0.2) is 0 Å². The van der Waals surface area contributed by atoms with Crippen molar-refractivity contribution in [3.8, 4) is 0 Å². The molecule has 1 spiro atoms. The first-order valence-corrected chi connectivity index (χ1v) is 10.5. The lowest BCUT2D eigenvalue weighted by Gasteiger charge is -2.56. The van der Waals surface area contributed by atoms with Crippen LogP contribution < -0.4 is 0 Å². The first-order chi connectivity index (χ1) is 12.3. The quantitative estimate of drug-likeness (QED) is 0.465. The number of hydrogen-bond acceptors (Lipinski definition) is 3. The molecule has 5 rings (SSSR count). The van der Waals surface area contributed by atoms with Crippen LogP contribution in [0.5, 0.6) is 0 Å². The fraction of sp³-hybridized carbons (Fsp3) is 0.739. The van der Waals surface area contributed by atoms with Crippen LogP contribution in [0.25, 0.3) is 0 Å². The van der Waals surface area contributed by atoms with Crippen molar-refractivity contribution in [1.29, 1.82) is 0 Å². The Hall–Kier alpha value is -1.38. The van der Waals surface area contributed by atoms with E-state index in [1.54, 1.807) is 5.57 Å². The first-order valence-electron chi connectivity index (χ1n) is 10.5. The maximum atomic E-state index is 12.0. The number of ketones is 1. The highest BCUT2D eigenvalue weighted by atomic mass is 16.6. The van der Waals surface area contributed by atoms with E-state index < -0.39 is 0 Å². The Morgan fingerprint density at radius 1 is 1.12 bits per heavy atom. The highest BCUT2D eigenvalue weighted by molar-refractivity contribution is 5.92. The summed E-state index contributed by atoms with van der Waals surface area (Å²) in [6, 6.07) is 0. The minimum Gasteiger partial charge on any atom is -0.458 e. The molecule has 0 aromatic rings. The van der Waals surface area contributed by atoms with Crippen LogP contribution in [0.1, 0.15) is 72.1 Å². The summed E-state index contributed by atoms with van der Waals surface area (Å²) in [5.41, 5.74) is 2.89. The molecular weight excluding hydrogens is 324 g/mol. The van der Waals surface area contributed by atoms with Crippen LogP contribution in [0.4, 0.5) is 0 Å². The van der Waals surface area contributed by atoms with E-state index in [4.69, 9.17) is 4.74 Å². The normalized spacial score (nSPS) is 49.9. The van der Waals surface area contributed by atoms with E-state index in [2.05, 4.69) is 26.8 Å². The highest BCUT2D eigenvalue weighted by Crippen LogP contribution is 2.68. The lowest BCUT2D eigenvalue weighted by Crippen LogP contribution is -2.52. The Kier molecular flexibility index (Phi) is 3.30. The van der Waals surface area contributed by atoms with Crippen molar-refractivity contribution in [3.05, 3.63) is 23.3 Å². The molecular formula is C23H30O3. The second-order valence-corrected chi connectivity index (χ2v) is 10.1. The number of fused-ring (bicyclic) bond motifs is 6. The minimum atomic E-state index is -0.226. The van der Waals surface area contributed by atoms with Crippen molar-refractivity contribution in [3.63, 3.8) is 0 Å². The average Bonchev–Trinajstić information content (AvgIpc) is 3.11. The van der Waals surface area contributed by atoms with Crippen LogP contribution in [0.3, 0.4) is 0 Å². The standard InChI is InChI=1S/C23H30O3/c1-14-12-15-13-16(24)4-8-21(15,2)17-5-9-22(3)18(20(14)17)6-10-23(22)11-7-19(25)26-23/h5,13-14,18,20H,4,6-12H2,1-3H3/t14-,18?,20?,21?,22?,23-/m1/s1. The predicted molar refractivity (Wildman–Crippen MR) is 99.3 cm³/mol. The molecule has 4 aliphatic carbocycles. The number of esters is 1. The molecule has 3 fully saturated rings. The molecule has 5 aliphatic rings. The van der Waals surface area contributed by atoms with Crippen molar-refractivity contribution in [2.45, 2.75) is 77.7 Å². The maximum absolute atomic E-state index is 12.0. The summed E-state index contributed by atoms with van der Waals surface area (Å²) < 4.78 is 6.02. The molecule has 0 radical (unpaired) electrons. The largest absolute Gasteiger partial charge is 0.458 e. The third-order valence-electron chi connectivity index (χ3n) is 9.01. The summed E-state index contributed by atoms with van der Waals surface area (Å²) in [6.45, 7) is 7.13. The first kappa shape index (κ1) is 16.8. The van der Waals surface area contributed by atoms with Gasteiger partial charge in [-0.1, -0.05) is 38.0 Å². The van der Waals surface area contributed by atoms with Gasteiger partial charge in [0.1, 0.15) is 5.60 Å². The summed E-state index contributed by atoms with van der Waals surface area (Å²) in [5, 5.41) is 0. The second kappa shape index (κ2) is 5.11. The molecule has 3 nitrogen and oxygen atoms in total. The van der Waals surface area contributed by atoms with E-state index in [1.807, 2.05) is 6.08 Å². The lowest BCUT2D eigenvalue weighted by molar-refractivity contribution is -0.160. The summed E-state index contributed by atoms with van der Waals surface area (Å²) >= 11 is 0. The molecule has 1 saturated heterocycles. The summed E-state index contributed by atoms with van der Waals surface area (Å²) in [4.78, 5) is 24.0. The molecule has 1 aliphatic heterocycles. The molecule has 140 valence electrons. The Morgan fingerprint density at radius 3 is 2.65 bits per heavy atom. The Labute approximate surface area is 156 Å².